The summed E-state index contributed by atoms with van der Waals surface area (Å²) >= 11 is 11.6. The molecule has 0 atom stereocenters. The summed E-state index contributed by atoms with van der Waals surface area (Å²) in [5.74, 6) is 0. The Bertz CT molecular complexity index is 856. The van der Waals surface area contributed by atoms with E-state index in [-0.39, 0.29) is 27.2 Å². The van der Waals surface area contributed by atoms with Crippen LogP contribution in [0.1, 0.15) is 5.56 Å². The number of rotatable bonds is 5. The first kappa shape index (κ1) is 17.7. The van der Waals surface area contributed by atoms with E-state index >= 15 is 0 Å². The van der Waals surface area contributed by atoms with Gasteiger partial charge in [-0.15, -0.1) is 0 Å². The van der Waals surface area contributed by atoms with Crippen molar-refractivity contribution in [2.75, 3.05) is 7.05 Å². The highest BCUT2D eigenvalue weighted by Gasteiger charge is 2.24. The van der Waals surface area contributed by atoms with Crippen LogP contribution in [0, 0.1) is 10.1 Å². The van der Waals surface area contributed by atoms with Gasteiger partial charge < -0.3 is 0 Å². The minimum absolute atomic E-state index is 0.0343. The van der Waals surface area contributed by atoms with Gasteiger partial charge in [-0.25, -0.2) is 8.42 Å². The highest BCUT2D eigenvalue weighted by Crippen LogP contribution is 2.27. The average Bonchev–Trinajstić information content (AvgIpc) is 2.50. The van der Waals surface area contributed by atoms with Crippen LogP contribution in [-0.4, -0.2) is 24.7 Å². The summed E-state index contributed by atoms with van der Waals surface area (Å²) in [6, 6.07) is 9.94. The highest BCUT2D eigenvalue weighted by atomic mass is 35.5. The minimum atomic E-state index is -3.85. The molecular formula is C14H12Cl2N2O4S. The summed E-state index contributed by atoms with van der Waals surface area (Å²) in [7, 11) is -2.51. The Labute approximate surface area is 143 Å². The Morgan fingerprint density at radius 1 is 1.13 bits per heavy atom. The number of halogens is 2. The standard InChI is InChI=1S/C14H12Cl2N2O4S/c1-17(9-10-4-2-3-5-14(10)18(19)20)23(21,22)11-6-7-12(15)13(16)8-11/h2-8H,9H2,1H3. The first-order chi connectivity index (χ1) is 10.7. The van der Waals surface area contributed by atoms with Crippen molar-refractivity contribution in [2.45, 2.75) is 11.4 Å². The lowest BCUT2D eigenvalue weighted by Gasteiger charge is -2.17. The zero-order valence-electron chi connectivity index (χ0n) is 11.9. The third-order valence-electron chi connectivity index (χ3n) is 3.18. The average molecular weight is 375 g/mol. The van der Waals surface area contributed by atoms with Gasteiger partial charge in [0.2, 0.25) is 10.0 Å². The van der Waals surface area contributed by atoms with E-state index in [4.69, 9.17) is 23.2 Å². The minimum Gasteiger partial charge on any atom is -0.258 e. The maximum atomic E-state index is 12.5. The molecule has 0 aromatic heterocycles. The lowest BCUT2D eigenvalue weighted by atomic mass is 10.2. The molecule has 0 unspecified atom stereocenters. The molecule has 0 aliphatic heterocycles. The highest BCUT2D eigenvalue weighted by molar-refractivity contribution is 7.89. The monoisotopic (exact) mass is 374 g/mol. The van der Waals surface area contributed by atoms with Crippen molar-refractivity contribution < 1.29 is 13.3 Å². The van der Waals surface area contributed by atoms with Crippen LogP contribution >= 0.6 is 23.2 Å². The van der Waals surface area contributed by atoms with Gasteiger partial charge in [0, 0.05) is 25.2 Å². The number of hydrogen-bond donors (Lipinski definition) is 0. The molecule has 0 saturated carbocycles. The fraction of sp³-hybridized carbons (Fsp3) is 0.143. The predicted molar refractivity (Wildman–Crippen MR) is 88.2 cm³/mol. The van der Waals surface area contributed by atoms with Gasteiger partial charge in [-0.2, -0.15) is 4.31 Å². The normalized spacial score (nSPS) is 11.7. The smallest absolute Gasteiger partial charge is 0.258 e. The lowest BCUT2D eigenvalue weighted by Crippen LogP contribution is -2.26. The first-order valence-corrected chi connectivity index (χ1v) is 8.57. The van der Waals surface area contributed by atoms with E-state index in [2.05, 4.69) is 0 Å². The van der Waals surface area contributed by atoms with Gasteiger partial charge in [0.1, 0.15) is 0 Å². The van der Waals surface area contributed by atoms with Crippen LogP contribution in [0.25, 0.3) is 0 Å². The lowest BCUT2D eigenvalue weighted by molar-refractivity contribution is -0.385. The summed E-state index contributed by atoms with van der Waals surface area (Å²) < 4.78 is 26.1. The Morgan fingerprint density at radius 2 is 1.78 bits per heavy atom. The van der Waals surface area contributed by atoms with Crippen molar-refractivity contribution in [2.24, 2.45) is 0 Å². The van der Waals surface area contributed by atoms with Crippen molar-refractivity contribution >= 4 is 38.9 Å². The second-order valence-electron chi connectivity index (χ2n) is 4.72. The van der Waals surface area contributed by atoms with Crippen LogP contribution in [0.3, 0.4) is 0 Å². The fourth-order valence-corrected chi connectivity index (χ4v) is 3.50. The molecule has 122 valence electrons. The Morgan fingerprint density at radius 3 is 2.39 bits per heavy atom. The Hall–Kier alpha value is -1.67. The number of sulfonamides is 1. The van der Waals surface area contributed by atoms with Crippen molar-refractivity contribution in [3.8, 4) is 0 Å². The Balaban J connectivity index is 2.34. The number of benzene rings is 2. The van der Waals surface area contributed by atoms with E-state index in [1.807, 2.05) is 0 Å². The molecule has 23 heavy (non-hydrogen) atoms. The van der Waals surface area contributed by atoms with Crippen LogP contribution in [0.15, 0.2) is 47.4 Å². The molecule has 0 spiro atoms. The fourth-order valence-electron chi connectivity index (χ4n) is 1.96. The molecule has 0 fully saturated rings. The van der Waals surface area contributed by atoms with E-state index in [0.717, 1.165) is 4.31 Å². The first-order valence-electron chi connectivity index (χ1n) is 6.37. The molecule has 0 amide bonds. The third kappa shape index (κ3) is 3.81. The van der Waals surface area contributed by atoms with E-state index in [1.54, 1.807) is 6.07 Å². The van der Waals surface area contributed by atoms with Crippen LogP contribution in [0.4, 0.5) is 5.69 Å². The van der Waals surface area contributed by atoms with E-state index in [0.29, 0.717) is 5.56 Å². The molecule has 0 aliphatic carbocycles. The van der Waals surface area contributed by atoms with Crippen LogP contribution in [0.5, 0.6) is 0 Å². The SMILES string of the molecule is CN(Cc1ccccc1[N+](=O)[O-])S(=O)(=O)c1ccc(Cl)c(Cl)c1. The van der Waals surface area contributed by atoms with Gasteiger partial charge in [0.05, 0.1) is 19.9 Å². The van der Waals surface area contributed by atoms with Crippen molar-refractivity contribution in [1.29, 1.82) is 0 Å². The zero-order chi connectivity index (χ0) is 17.2. The van der Waals surface area contributed by atoms with Crippen LogP contribution in [-0.2, 0) is 16.6 Å². The summed E-state index contributed by atoms with van der Waals surface area (Å²) in [6.07, 6.45) is 0. The van der Waals surface area contributed by atoms with E-state index in [1.165, 1.54) is 43.4 Å². The molecule has 0 saturated heterocycles. The van der Waals surface area contributed by atoms with Gasteiger partial charge in [0.15, 0.2) is 0 Å². The molecule has 0 radical (unpaired) electrons. The number of nitro groups is 1. The number of nitro benzene ring substituents is 1. The molecule has 0 N–H and O–H groups in total. The van der Waals surface area contributed by atoms with Gasteiger partial charge in [-0.05, 0) is 18.2 Å². The molecule has 0 bridgehead atoms. The Kier molecular flexibility index (Phi) is 5.26. The zero-order valence-corrected chi connectivity index (χ0v) is 14.3. The quantitative estimate of drug-likeness (QED) is 0.589. The molecule has 0 heterocycles. The largest absolute Gasteiger partial charge is 0.273 e. The summed E-state index contributed by atoms with van der Waals surface area (Å²) in [6.45, 7) is -0.139. The van der Waals surface area contributed by atoms with Crippen molar-refractivity contribution in [1.82, 2.24) is 4.31 Å². The topological polar surface area (TPSA) is 80.5 Å². The number of hydrogen-bond acceptors (Lipinski definition) is 4. The van der Waals surface area contributed by atoms with E-state index < -0.39 is 14.9 Å². The summed E-state index contributed by atoms with van der Waals surface area (Å²) in [4.78, 5) is 10.4. The molecule has 2 rings (SSSR count). The third-order valence-corrected chi connectivity index (χ3v) is 5.72. The predicted octanol–water partition coefficient (Wildman–Crippen LogP) is 3.72. The molecule has 2 aromatic carbocycles. The summed E-state index contributed by atoms with van der Waals surface area (Å²) in [5.41, 5.74) is 0.160. The van der Waals surface area contributed by atoms with Gasteiger partial charge in [0.25, 0.3) is 5.69 Å². The summed E-state index contributed by atoms with van der Waals surface area (Å²) in [5, 5.41) is 11.4. The molecule has 6 nitrogen and oxygen atoms in total. The van der Waals surface area contributed by atoms with Crippen molar-refractivity contribution in [3.05, 3.63) is 68.2 Å². The molecule has 0 aliphatic rings. The molecule has 2 aromatic rings. The van der Waals surface area contributed by atoms with Gasteiger partial charge in [-0.1, -0.05) is 41.4 Å². The second-order valence-corrected chi connectivity index (χ2v) is 7.58. The number of nitrogens with zero attached hydrogens (tertiary/aromatic N) is 2. The van der Waals surface area contributed by atoms with Crippen LogP contribution < -0.4 is 0 Å². The van der Waals surface area contributed by atoms with Gasteiger partial charge >= 0.3 is 0 Å². The second kappa shape index (κ2) is 6.84. The van der Waals surface area contributed by atoms with Crippen molar-refractivity contribution in [3.63, 3.8) is 0 Å². The maximum Gasteiger partial charge on any atom is 0.273 e. The van der Waals surface area contributed by atoms with Crippen LogP contribution in [0.2, 0.25) is 10.0 Å². The van der Waals surface area contributed by atoms with Gasteiger partial charge in [-0.3, -0.25) is 10.1 Å². The molecular weight excluding hydrogens is 363 g/mol. The number of para-hydroxylation sites is 1. The maximum absolute atomic E-state index is 12.5. The molecule has 9 heteroatoms. The van der Waals surface area contributed by atoms with E-state index in [9.17, 15) is 18.5 Å².